The lowest BCUT2D eigenvalue weighted by Gasteiger charge is -2.49. The van der Waals surface area contributed by atoms with E-state index in [2.05, 4.69) is 10.4 Å². The van der Waals surface area contributed by atoms with E-state index in [9.17, 15) is 13.2 Å². The third-order valence-corrected chi connectivity index (χ3v) is 9.98. The van der Waals surface area contributed by atoms with Crippen molar-refractivity contribution in [2.75, 3.05) is 36.2 Å². The molecule has 0 spiro atoms. The molecule has 4 atom stereocenters. The van der Waals surface area contributed by atoms with Gasteiger partial charge in [0.1, 0.15) is 17.5 Å². The zero-order valence-electron chi connectivity index (χ0n) is 25.4. The molecular weight excluding hydrogens is 562 g/mol. The van der Waals surface area contributed by atoms with Gasteiger partial charge in [-0.3, -0.25) is 0 Å². The van der Waals surface area contributed by atoms with Crippen molar-refractivity contribution in [1.29, 1.82) is 0 Å². The van der Waals surface area contributed by atoms with Crippen LogP contribution < -0.4 is 15.0 Å². The van der Waals surface area contributed by atoms with Crippen LogP contribution in [0.4, 0.5) is 22.4 Å². The first kappa shape index (κ1) is 30.5. The molecule has 3 saturated heterocycles. The number of rotatable bonds is 8. The number of hydrogen-bond donors (Lipinski definition) is 1. The molecule has 5 rings (SSSR count). The summed E-state index contributed by atoms with van der Waals surface area (Å²) in [6.07, 6.45) is 4.26. The lowest BCUT2D eigenvalue weighted by atomic mass is 9.83. The Morgan fingerprint density at radius 1 is 1.14 bits per heavy atom. The number of nitrogens with zero attached hydrogens (tertiary/aromatic N) is 6. The number of sulfonamides is 1. The first-order chi connectivity index (χ1) is 19.8. The van der Waals surface area contributed by atoms with E-state index in [1.807, 2.05) is 11.9 Å². The Morgan fingerprint density at radius 2 is 1.86 bits per heavy atom. The average Bonchev–Trinajstić information content (AvgIpc) is 3.55. The lowest BCUT2D eigenvalue weighted by molar-refractivity contribution is 0.0511. The van der Waals surface area contributed by atoms with Crippen LogP contribution in [-0.2, 0) is 19.5 Å². The summed E-state index contributed by atoms with van der Waals surface area (Å²) in [4.78, 5) is 24.2. The molecule has 42 heavy (non-hydrogen) atoms. The zero-order chi connectivity index (χ0) is 30.2. The lowest BCUT2D eigenvalue weighted by Crippen LogP contribution is -2.58. The van der Waals surface area contributed by atoms with Crippen molar-refractivity contribution in [1.82, 2.24) is 24.1 Å². The number of hydrogen-bond acceptors (Lipinski definition) is 11. The van der Waals surface area contributed by atoms with Gasteiger partial charge < -0.3 is 24.4 Å². The third kappa shape index (κ3) is 6.81. The molecule has 3 aliphatic heterocycles. The molecule has 3 aliphatic rings. The number of ether oxygens (including phenoxy) is 3. The highest BCUT2D eigenvalue weighted by molar-refractivity contribution is 7.89. The minimum absolute atomic E-state index is 0.0256. The summed E-state index contributed by atoms with van der Waals surface area (Å²) in [5.74, 6) is 1.87. The molecule has 2 aromatic rings. The standard InChI is InChI=1S/C28H43N7O6S/c1-7-42(37,38)35-19-9-8-10-20(35)15-21(14-19)33(6)26-30-23(16-25(31-26)40-22-11-12-39-17-22)29-24-13-18(2)34(32-24)27(36)41-28(3,4)5/h13,16,19-22H,7-12,14-15,17H2,1-6H3,(H,29,30,31,32)/t19-,20+,21?,22-/m1/s1. The number of aryl methyl sites for hydroxylation is 1. The summed E-state index contributed by atoms with van der Waals surface area (Å²) >= 11 is 0. The van der Waals surface area contributed by atoms with Crippen LogP contribution in [0.15, 0.2) is 12.1 Å². The smallest absolute Gasteiger partial charge is 0.435 e. The fourth-order valence-corrected chi connectivity index (χ4v) is 7.61. The molecule has 0 amide bonds. The summed E-state index contributed by atoms with van der Waals surface area (Å²) < 4.78 is 45.9. The largest absolute Gasteiger partial charge is 0.472 e. The number of carbonyl (C=O) groups excluding carboxylic acids is 1. The number of fused-ring (bicyclic) bond motifs is 2. The molecule has 0 radical (unpaired) electrons. The SMILES string of the molecule is CCS(=O)(=O)N1[C@@H]2CCC[C@H]1CC(N(C)c1nc(Nc3cc(C)n(C(=O)OC(C)(C)C)n3)cc(O[C@@H]3CCOC3)n1)C2. The van der Waals surface area contributed by atoms with Crippen LogP contribution in [0.2, 0.25) is 0 Å². The van der Waals surface area contributed by atoms with E-state index in [-0.39, 0.29) is 30.0 Å². The number of carbonyl (C=O) groups is 1. The second-order valence-corrected chi connectivity index (χ2v) is 14.6. The normalized spacial score (nSPS) is 24.8. The van der Waals surface area contributed by atoms with Gasteiger partial charge in [-0.2, -0.15) is 19.0 Å². The molecule has 232 valence electrons. The Labute approximate surface area is 248 Å². The summed E-state index contributed by atoms with van der Waals surface area (Å²) in [7, 11) is -1.32. The molecule has 5 heterocycles. The molecule has 2 aromatic heterocycles. The number of piperidine rings is 2. The molecule has 2 bridgehead atoms. The number of anilines is 3. The highest BCUT2D eigenvalue weighted by Crippen LogP contribution is 2.39. The molecular formula is C28H43N7O6S. The molecule has 0 saturated carbocycles. The maximum Gasteiger partial charge on any atom is 0.435 e. The number of nitrogens with one attached hydrogen (secondary N) is 1. The Bertz CT molecular complexity index is 1370. The second kappa shape index (κ2) is 12.0. The summed E-state index contributed by atoms with van der Waals surface area (Å²) in [5.41, 5.74) is -0.0427. The van der Waals surface area contributed by atoms with Crippen molar-refractivity contribution in [3.05, 3.63) is 17.8 Å². The predicted molar refractivity (Wildman–Crippen MR) is 158 cm³/mol. The van der Waals surface area contributed by atoms with Crippen molar-refractivity contribution < 1.29 is 27.4 Å². The first-order valence-electron chi connectivity index (χ1n) is 14.8. The Kier molecular flexibility index (Phi) is 8.68. The minimum atomic E-state index is -3.27. The molecule has 3 fully saturated rings. The van der Waals surface area contributed by atoms with Gasteiger partial charge in [0.15, 0.2) is 5.82 Å². The summed E-state index contributed by atoms with van der Waals surface area (Å²) in [5, 5.41) is 7.60. The zero-order valence-corrected chi connectivity index (χ0v) is 26.2. The monoisotopic (exact) mass is 605 g/mol. The summed E-state index contributed by atoms with van der Waals surface area (Å²) in [6.45, 7) is 10.0. The van der Waals surface area contributed by atoms with E-state index < -0.39 is 21.7 Å². The highest BCUT2D eigenvalue weighted by Gasteiger charge is 2.45. The van der Waals surface area contributed by atoms with Gasteiger partial charge in [0, 0.05) is 49.4 Å². The second-order valence-electron chi connectivity index (χ2n) is 12.4. The average molecular weight is 606 g/mol. The fourth-order valence-electron chi connectivity index (χ4n) is 6.02. The van der Waals surface area contributed by atoms with Gasteiger partial charge in [-0.25, -0.2) is 13.2 Å². The molecule has 1 N–H and O–H groups in total. The molecule has 0 aromatic carbocycles. The minimum Gasteiger partial charge on any atom is -0.472 e. The van der Waals surface area contributed by atoms with Crippen molar-refractivity contribution in [3.63, 3.8) is 0 Å². The van der Waals surface area contributed by atoms with Crippen molar-refractivity contribution >= 4 is 33.7 Å². The van der Waals surface area contributed by atoms with Gasteiger partial charge in [-0.05, 0) is 60.3 Å². The van der Waals surface area contributed by atoms with E-state index in [1.54, 1.807) is 51.1 Å². The molecule has 0 aliphatic carbocycles. The van der Waals surface area contributed by atoms with E-state index in [0.29, 0.717) is 55.2 Å². The quantitative estimate of drug-likeness (QED) is 0.469. The van der Waals surface area contributed by atoms with Gasteiger partial charge in [-0.15, -0.1) is 5.10 Å². The maximum absolute atomic E-state index is 12.9. The summed E-state index contributed by atoms with van der Waals surface area (Å²) in [6, 6.07) is 3.47. The van der Waals surface area contributed by atoms with Crippen LogP contribution in [0.1, 0.15) is 71.9 Å². The van der Waals surface area contributed by atoms with E-state index in [0.717, 1.165) is 25.7 Å². The van der Waals surface area contributed by atoms with Gasteiger partial charge in [0.05, 0.1) is 19.0 Å². The Morgan fingerprint density at radius 3 is 2.48 bits per heavy atom. The Balaban J connectivity index is 1.40. The van der Waals surface area contributed by atoms with Crippen LogP contribution in [0.3, 0.4) is 0 Å². The van der Waals surface area contributed by atoms with Crippen molar-refractivity contribution in [3.8, 4) is 5.88 Å². The van der Waals surface area contributed by atoms with Crippen LogP contribution in [0.5, 0.6) is 5.88 Å². The number of aromatic nitrogens is 4. The van der Waals surface area contributed by atoms with Gasteiger partial charge in [0.25, 0.3) is 0 Å². The highest BCUT2D eigenvalue weighted by atomic mass is 32.2. The molecule has 1 unspecified atom stereocenters. The Hall–Kier alpha value is -2.97. The van der Waals surface area contributed by atoms with Crippen LogP contribution in [0.25, 0.3) is 0 Å². The van der Waals surface area contributed by atoms with Crippen LogP contribution >= 0.6 is 0 Å². The van der Waals surface area contributed by atoms with E-state index in [4.69, 9.17) is 24.2 Å². The van der Waals surface area contributed by atoms with Crippen molar-refractivity contribution in [2.24, 2.45) is 0 Å². The fraction of sp³-hybridized carbons (Fsp3) is 0.714. The molecule has 13 nitrogen and oxygen atoms in total. The van der Waals surface area contributed by atoms with Gasteiger partial charge in [-0.1, -0.05) is 6.42 Å². The maximum atomic E-state index is 12.9. The topological polar surface area (TPSA) is 141 Å². The van der Waals surface area contributed by atoms with Gasteiger partial charge >= 0.3 is 6.09 Å². The predicted octanol–water partition coefficient (Wildman–Crippen LogP) is 3.85. The van der Waals surface area contributed by atoms with Crippen LogP contribution in [-0.4, -0.2) is 94.4 Å². The van der Waals surface area contributed by atoms with E-state index in [1.165, 1.54) is 4.68 Å². The van der Waals surface area contributed by atoms with Gasteiger partial charge in [0.2, 0.25) is 21.9 Å². The third-order valence-electron chi connectivity index (χ3n) is 8.01. The molecule has 14 heteroatoms. The van der Waals surface area contributed by atoms with Crippen molar-refractivity contribution in [2.45, 2.75) is 103 Å². The van der Waals surface area contributed by atoms with E-state index >= 15 is 0 Å². The van der Waals surface area contributed by atoms with Crippen LogP contribution in [0, 0.1) is 6.92 Å². The first-order valence-corrected chi connectivity index (χ1v) is 16.4.